The van der Waals surface area contributed by atoms with Crippen LogP contribution >= 0.6 is 0 Å². The minimum atomic E-state index is -3.27. The highest BCUT2D eigenvalue weighted by molar-refractivity contribution is 7.89. The van der Waals surface area contributed by atoms with Crippen molar-refractivity contribution in [3.05, 3.63) is 29.8 Å². The van der Waals surface area contributed by atoms with Gasteiger partial charge in [-0.25, -0.2) is 8.42 Å². The Hall–Kier alpha value is -0.910. The van der Waals surface area contributed by atoms with Gasteiger partial charge in [0.2, 0.25) is 10.0 Å². The number of piperazine rings is 1. The zero-order valence-electron chi connectivity index (χ0n) is 8.89. The van der Waals surface area contributed by atoms with Gasteiger partial charge in [-0.1, -0.05) is 12.1 Å². The van der Waals surface area contributed by atoms with Gasteiger partial charge in [0.05, 0.1) is 4.90 Å². The van der Waals surface area contributed by atoms with Crippen LogP contribution in [0.3, 0.4) is 0 Å². The Labute approximate surface area is 95.3 Å². The zero-order valence-corrected chi connectivity index (χ0v) is 9.70. The van der Waals surface area contributed by atoms with Gasteiger partial charge in [0, 0.05) is 25.7 Å². The number of hydrogen-bond donors (Lipinski definition) is 1. The third-order valence-electron chi connectivity index (χ3n) is 3.30. The number of hydrogen-bond acceptors (Lipinski definition) is 3. The predicted molar refractivity (Wildman–Crippen MR) is 60.7 cm³/mol. The van der Waals surface area contributed by atoms with Gasteiger partial charge in [-0.2, -0.15) is 4.31 Å². The van der Waals surface area contributed by atoms with Crippen LogP contribution in [0.4, 0.5) is 0 Å². The van der Waals surface area contributed by atoms with E-state index < -0.39 is 10.0 Å². The topological polar surface area (TPSA) is 49.4 Å². The zero-order chi connectivity index (χ0) is 11.2. The Balaban J connectivity index is 2.15. The molecule has 0 amide bonds. The fourth-order valence-electron chi connectivity index (χ4n) is 2.44. The number of benzene rings is 1. The standard InChI is InChI=1S/C11H14N2O2S/c14-16(15)11-3-1-9(2-4-11)7-10-8-12-5-6-13(10)16/h1-4,10,12H,5-8H2. The first kappa shape index (κ1) is 10.3. The number of nitrogens with zero attached hydrogens (tertiary/aromatic N) is 1. The van der Waals surface area contributed by atoms with E-state index in [4.69, 9.17) is 0 Å². The summed E-state index contributed by atoms with van der Waals surface area (Å²) >= 11 is 0. The second-order valence-corrected chi connectivity index (χ2v) is 6.21. The van der Waals surface area contributed by atoms with Gasteiger partial charge in [0.25, 0.3) is 0 Å². The molecule has 3 aliphatic heterocycles. The Kier molecular flexibility index (Phi) is 2.27. The average Bonchev–Trinajstić information content (AvgIpc) is 2.29. The third kappa shape index (κ3) is 1.47. The molecular formula is C11H14N2O2S. The van der Waals surface area contributed by atoms with Crippen LogP contribution in [0.5, 0.6) is 0 Å². The molecule has 1 saturated heterocycles. The van der Waals surface area contributed by atoms with Crippen LogP contribution in [0, 0.1) is 0 Å². The first-order valence-corrected chi connectivity index (χ1v) is 6.93. The van der Waals surface area contributed by atoms with Crippen molar-refractivity contribution in [1.82, 2.24) is 9.62 Å². The molecule has 86 valence electrons. The summed E-state index contributed by atoms with van der Waals surface area (Å²) in [4.78, 5) is 0.419. The molecule has 0 aliphatic carbocycles. The van der Waals surface area contributed by atoms with Crippen LogP contribution in [0.15, 0.2) is 29.2 Å². The normalized spacial score (nSPS) is 28.1. The van der Waals surface area contributed by atoms with Gasteiger partial charge in [0.1, 0.15) is 0 Å². The van der Waals surface area contributed by atoms with Crippen LogP contribution in [-0.2, 0) is 16.4 Å². The van der Waals surface area contributed by atoms with Crippen molar-refractivity contribution in [3.63, 3.8) is 0 Å². The van der Waals surface area contributed by atoms with Gasteiger partial charge >= 0.3 is 0 Å². The lowest BCUT2D eigenvalue weighted by Crippen LogP contribution is -2.54. The van der Waals surface area contributed by atoms with Crippen molar-refractivity contribution in [3.8, 4) is 0 Å². The van der Waals surface area contributed by atoms with Gasteiger partial charge in [-0.3, -0.25) is 0 Å². The van der Waals surface area contributed by atoms with Crippen molar-refractivity contribution in [1.29, 1.82) is 0 Å². The quantitative estimate of drug-likeness (QED) is 0.702. The van der Waals surface area contributed by atoms with E-state index in [0.29, 0.717) is 11.4 Å². The monoisotopic (exact) mass is 238 g/mol. The maximum Gasteiger partial charge on any atom is 0.243 e. The minimum absolute atomic E-state index is 0.0682. The largest absolute Gasteiger partial charge is 0.314 e. The molecule has 0 aromatic heterocycles. The highest BCUT2D eigenvalue weighted by atomic mass is 32.2. The molecule has 3 aliphatic rings. The summed E-state index contributed by atoms with van der Waals surface area (Å²) in [5, 5.41) is 3.25. The van der Waals surface area contributed by atoms with E-state index in [1.54, 1.807) is 16.4 Å². The van der Waals surface area contributed by atoms with Crippen LogP contribution in [-0.4, -0.2) is 38.4 Å². The van der Waals surface area contributed by atoms with Crippen LogP contribution in [0.2, 0.25) is 0 Å². The molecule has 0 saturated carbocycles. The summed E-state index contributed by atoms with van der Waals surface area (Å²) in [5.41, 5.74) is 1.21. The minimum Gasteiger partial charge on any atom is -0.314 e. The molecule has 1 aromatic carbocycles. The molecule has 5 heteroatoms. The van der Waals surface area contributed by atoms with Gasteiger partial charge < -0.3 is 5.32 Å². The summed E-state index contributed by atoms with van der Waals surface area (Å²) in [5.74, 6) is 0. The fraction of sp³-hybridized carbons (Fsp3) is 0.455. The molecular weight excluding hydrogens is 224 g/mol. The van der Waals surface area contributed by atoms with Crippen molar-refractivity contribution < 1.29 is 8.42 Å². The molecule has 2 bridgehead atoms. The first-order valence-electron chi connectivity index (χ1n) is 5.49. The highest BCUT2D eigenvalue weighted by Gasteiger charge is 2.34. The SMILES string of the molecule is O=S1(=O)c2ccc(cc2)CC2CNCCN21. The molecule has 4 nitrogen and oxygen atoms in total. The molecule has 4 rings (SSSR count). The Morgan fingerprint density at radius 1 is 1.25 bits per heavy atom. The van der Waals surface area contributed by atoms with Crippen LogP contribution in [0.25, 0.3) is 0 Å². The van der Waals surface area contributed by atoms with Crippen molar-refractivity contribution >= 4 is 10.0 Å². The summed E-state index contributed by atoms with van der Waals surface area (Å²) < 4.78 is 26.3. The maximum atomic E-state index is 12.3. The van der Waals surface area contributed by atoms with Crippen molar-refractivity contribution in [2.75, 3.05) is 19.6 Å². The lowest BCUT2D eigenvalue weighted by molar-refractivity contribution is 0.264. The second kappa shape index (κ2) is 3.55. The fourth-order valence-corrected chi connectivity index (χ4v) is 4.06. The molecule has 0 radical (unpaired) electrons. The molecule has 1 fully saturated rings. The first-order chi connectivity index (χ1) is 7.68. The number of sulfonamides is 1. The van der Waals surface area contributed by atoms with Gasteiger partial charge in [-0.05, 0) is 24.1 Å². The highest BCUT2D eigenvalue weighted by Crippen LogP contribution is 2.25. The van der Waals surface area contributed by atoms with Crippen LogP contribution in [0.1, 0.15) is 5.56 Å². The molecule has 1 unspecified atom stereocenters. The predicted octanol–water partition coefficient (Wildman–Crippen LogP) is 0.205. The number of rotatable bonds is 0. The molecule has 16 heavy (non-hydrogen) atoms. The summed E-state index contributed by atoms with van der Waals surface area (Å²) in [6, 6.07) is 7.32. The lowest BCUT2D eigenvalue weighted by atomic mass is 10.0. The van der Waals surface area contributed by atoms with E-state index in [1.165, 1.54) is 5.56 Å². The van der Waals surface area contributed by atoms with Gasteiger partial charge in [-0.15, -0.1) is 0 Å². The summed E-state index contributed by atoms with van der Waals surface area (Å²) in [6.45, 7) is 2.06. The second-order valence-electron chi connectivity index (χ2n) is 4.32. The molecule has 3 heterocycles. The number of fused-ring (bicyclic) bond motifs is 2. The molecule has 0 spiro atoms. The molecule has 1 N–H and O–H groups in total. The summed E-state index contributed by atoms with van der Waals surface area (Å²) in [7, 11) is -3.27. The third-order valence-corrected chi connectivity index (χ3v) is 5.26. The van der Waals surface area contributed by atoms with E-state index in [1.807, 2.05) is 12.1 Å². The van der Waals surface area contributed by atoms with E-state index >= 15 is 0 Å². The lowest BCUT2D eigenvalue weighted by Gasteiger charge is -2.36. The van der Waals surface area contributed by atoms with Crippen molar-refractivity contribution in [2.24, 2.45) is 0 Å². The van der Waals surface area contributed by atoms with E-state index in [9.17, 15) is 8.42 Å². The van der Waals surface area contributed by atoms with Crippen LogP contribution < -0.4 is 5.32 Å². The smallest absolute Gasteiger partial charge is 0.243 e. The van der Waals surface area contributed by atoms with Crippen molar-refractivity contribution in [2.45, 2.75) is 17.4 Å². The Morgan fingerprint density at radius 2 is 2.00 bits per heavy atom. The van der Waals surface area contributed by atoms with E-state index in [0.717, 1.165) is 19.5 Å². The van der Waals surface area contributed by atoms with E-state index in [-0.39, 0.29) is 6.04 Å². The Morgan fingerprint density at radius 3 is 2.75 bits per heavy atom. The Bertz CT molecular complexity index is 495. The average molecular weight is 238 g/mol. The molecule has 1 aromatic rings. The summed E-state index contributed by atoms with van der Waals surface area (Å²) in [6.07, 6.45) is 0.798. The number of nitrogens with one attached hydrogen (secondary N) is 1. The molecule has 1 atom stereocenters. The maximum absolute atomic E-state index is 12.3. The van der Waals surface area contributed by atoms with E-state index in [2.05, 4.69) is 5.32 Å². The van der Waals surface area contributed by atoms with Gasteiger partial charge in [0.15, 0.2) is 0 Å².